The third-order valence-corrected chi connectivity index (χ3v) is 3.55. The van der Waals surface area contributed by atoms with Crippen molar-refractivity contribution in [2.75, 3.05) is 5.32 Å². The van der Waals surface area contributed by atoms with Gasteiger partial charge in [0.15, 0.2) is 0 Å². The van der Waals surface area contributed by atoms with E-state index in [2.05, 4.69) is 29.4 Å². The summed E-state index contributed by atoms with van der Waals surface area (Å²) >= 11 is 0. The summed E-state index contributed by atoms with van der Waals surface area (Å²) in [5, 5.41) is 2.87. The molecule has 1 heterocycles. The molecule has 20 heavy (non-hydrogen) atoms. The van der Waals surface area contributed by atoms with Gasteiger partial charge in [-0.05, 0) is 35.7 Å². The molecule has 0 aromatic heterocycles. The van der Waals surface area contributed by atoms with E-state index in [1.165, 1.54) is 5.56 Å². The first-order valence-corrected chi connectivity index (χ1v) is 6.81. The second-order valence-corrected chi connectivity index (χ2v) is 4.85. The highest BCUT2D eigenvalue weighted by atomic mass is 16.2. The number of rotatable bonds is 3. The molecule has 0 radical (unpaired) electrons. The number of carbonyl (C=O) groups is 1. The van der Waals surface area contributed by atoms with Crippen LogP contribution in [-0.4, -0.2) is 12.1 Å². The molecule has 3 heteroatoms. The molecule has 0 saturated carbocycles. The maximum Gasteiger partial charge on any atom is 0.237 e. The second kappa shape index (κ2) is 5.29. The average molecular weight is 264 g/mol. The van der Waals surface area contributed by atoms with Gasteiger partial charge in [-0.25, -0.2) is 0 Å². The number of carbonyl (C=O) groups excluding carboxylic acids is 1. The summed E-state index contributed by atoms with van der Waals surface area (Å²) in [5.74, 6) is -0.308. The van der Waals surface area contributed by atoms with Crippen molar-refractivity contribution in [3.05, 3.63) is 59.7 Å². The van der Waals surface area contributed by atoms with E-state index in [1.54, 1.807) is 6.21 Å². The summed E-state index contributed by atoms with van der Waals surface area (Å²) in [6.07, 6.45) is 2.74. The van der Waals surface area contributed by atoms with Crippen LogP contribution >= 0.6 is 0 Å². The second-order valence-electron chi connectivity index (χ2n) is 4.85. The minimum Gasteiger partial charge on any atom is -0.325 e. The van der Waals surface area contributed by atoms with Crippen molar-refractivity contribution < 1.29 is 4.79 Å². The lowest BCUT2D eigenvalue weighted by Gasteiger charge is -2.02. The van der Waals surface area contributed by atoms with Gasteiger partial charge in [-0.15, -0.1) is 0 Å². The van der Waals surface area contributed by atoms with Gasteiger partial charge in [0.2, 0.25) is 5.91 Å². The molecular formula is C17H16N2O. The molecule has 1 aliphatic heterocycles. The molecule has 100 valence electrons. The number of anilines is 1. The average Bonchev–Trinajstić information content (AvgIpc) is 2.81. The third kappa shape index (κ3) is 2.35. The quantitative estimate of drug-likeness (QED) is 0.844. The summed E-state index contributed by atoms with van der Waals surface area (Å²) in [7, 11) is 0. The van der Waals surface area contributed by atoms with Gasteiger partial charge in [-0.2, -0.15) is 0 Å². The van der Waals surface area contributed by atoms with Crippen LogP contribution in [0.15, 0.2) is 53.5 Å². The number of para-hydroxylation sites is 1. The third-order valence-electron chi connectivity index (χ3n) is 3.55. The Balaban J connectivity index is 1.83. The van der Waals surface area contributed by atoms with Crippen molar-refractivity contribution in [2.45, 2.75) is 19.3 Å². The minimum atomic E-state index is -0.294. The Labute approximate surface area is 118 Å². The van der Waals surface area contributed by atoms with Crippen LogP contribution in [0.3, 0.4) is 0 Å². The van der Waals surface area contributed by atoms with Gasteiger partial charge >= 0.3 is 0 Å². The van der Waals surface area contributed by atoms with Crippen molar-refractivity contribution in [1.29, 1.82) is 0 Å². The SMILES string of the molecule is CCc1ccc(N=CC2C(=O)Nc3ccccc32)cc1. The molecule has 1 aliphatic rings. The van der Waals surface area contributed by atoms with Gasteiger partial charge in [0.05, 0.1) is 5.69 Å². The molecule has 2 aromatic carbocycles. The van der Waals surface area contributed by atoms with E-state index >= 15 is 0 Å². The smallest absolute Gasteiger partial charge is 0.237 e. The number of hydrogen-bond donors (Lipinski definition) is 1. The Morgan fingerprint density at radius 1 is 1.15 bits per heavy atom. The van der Waals surface area contributed by atoms with E-state index in [9.17, 15) is 4.79 Å². The highest BCUT2D eigenvalue weighted by Gasteiger charge is 2.28. The molecule has 1 atom stereocenters. The minimum absolute atomic E-state index is 0.0138. The van der Waals surface area contributed by atoms with Crippen LogP contribution in [0.1, 0.15) is 24.0 Å². The summed E-state index contributed by atoms with van der Waals surface area (Å²) in [5.41, 5.74) is 4.04. The zero-order chi connectivity index (χ0) is 13.9. The fourth-order valence-corrected chi connectivity index (χ4v) is 2.36. The van der Waals surface area contributed by atoms with Gasteiger partial charge < -0.3 is 5.32 Å². The summed E-state index contributed by atoms with van der Waals surface area (Å²) < 4.78 is 0. The van der Waals surface area contributed by atoms with Gasteiger partial charge in [0.1, 0.15) is 5.92 Å². The van der Waals surface area contributed by atoms with E-state index in [0.29, 0.717) is 0 Å². The topological polar surface area (TPSA) is 41.5 Å². The number of nitrogens with one attached hydrogen (secondary N) is 1. The normalized spacial score (nSPS) is 17.2. The molecule has 1 N–H and O–H groups in total. The zero-order valence-corrected chi connectivity index (χ0v) is 11.3. The molecule has 3 nitrogen and oxygen atoms in total. The van der Waals surface area contributed by atoms with Gasteiger partial charge in [0.25, 0.3) is 0 Å². The fourth-order valence-electron chi connectivity index (χ4n) is 2.36. The van der Waals surface area contributed by atoms with Crippen LogP contribution < -0.4 is 5.32 Å². The fraction of sp³-hybridized carbons (Fsp3) is 0.176. The highest BCUT2D eigenvalue weighted by molar-refractivity contribution is 6.12. The van der Waals surface area contributed by atoms with Crippen LogP contribution in [0.2, 0.25) is 0 Å². The van der Waals surface area contributed by atoms with Crippen LogP contribution in [0.5, 0.6) is 0 Å². The van der Waals surface area contributed by atoms with Crippen LogP contribution in [0.4, 0.5) is 11.4 Å². The Morgan fingerprint density at radius 2 is 1.90 bits per heavy atom. The number of hydrogen-bond acceptors (Lipinski definition) is 2. The molecule has 3 rings (SSSR count). The van der Waals surface area contributed by atoms with Crippen molar-refractivity contribution in [1.82, 2.24) is 0 Å². The number of benzene rings is 2. The first-order chi connectivity index (χ1) is 9.78. The predicted octanol–water partition coefficient (Wildman–Crippen LogP) is 3.69. The standard InChI is InChI=1S/C17H16N2O/c1-2-12-7-9-13(10-8-12)18-11-15-14-5-3-4-6-16(14)19-17(15)20/h3-11,15H,2H2,1H3,(H,19,20). The maximum atomic E-state index is 12.0. The molecule has 0 spiro atoms. The van der Waals surface area contributed by atoms with Crippen molar-refractivity contribution in [2.24, 2.45) is 4.99 Å². The van der Waals surface area contributed by atoms with Crippen molar-refractivity contribution >= 4 is 23.5 Å². The molecule has 2 aromatic rings. The Morgan fingerprint density at radius 3 is 2.65 bits per heavy atom. The van der Waals surface area contributed by atoms with Crippen LogP contribution in [0, 0.1) is 0 Å². The van der Waals surface area contributed by atoms with E-state index in [4.69, 9.17) is 0 Å². The van der Waals surface area contributed by atoms with E-state index in [1.807, 2.05) is 36.4 Å². The lowest BCUT2D eigenvalue weighted by Crippen LogP contribution is -2.12. The summed E-state index contributed by atoms with van der Waals surface area (Å²) in [6.45, 7) is 2.12. The van der Waals surface area contributed by atoms with E-state index in [0.717, 1.165) is 23.4 Å². The summed E-state index contributed by atoms with van der Waals surface area (Å²) in [6, 6.07) is 15.8. The molecule has 0 bridgehead atoms. The first-order valence-electron chi connectivity index (χ1n) is 6.81. The zero-order valence-electron chi connectivity index (χ0n) is 11.3. The largest absolute Gasteiger partial charge is 0.325 e. The molecule has 1 unspecified atom stereocenters. The van der Waals surface area contributed by atoms with E-state index < -0.39 is 0 Å². The predicted molar refractivity (Wildman–Crippen MR) is 81.8 cm³/mol. The molecular weight excluding hydrogens is 248 g/mol. The van der Waals surface area contributed by atoms with Crippen LogP contribution in [0.25, 0.3) is 0 Å². The van der Waals surface area contributed by atoms with E-state index in [-0.39, 0.29) is 11.8 Å². The molecule has 0 fully saturated rings. The number of aryl methyl sites for hydroxylation is 1. The molecule has 0 saturated heterocycles. The Bertz CT molecular complexity index is 659. The maximum absolute atomic E-state index is 12.0. The van der Waals surface area contributed by atoms with Crippen LogP contribution in [-0.2, 0) is 11.2 Å². The lowest BCUT2D eigenvalue weighted by molar-refractivity contribution is -0.115. The first kappa shape index (κ1) is 12.6. The lowest BCUT2D eigenvalue weighted by atomic mass is 10.0. The van der Waals surface area contributed by atoms with Crippen molar-refractivity contribution in [3.63, 3.8) is 0 Å². The highest BCUT2D eigenvalue weighted by Crippen LogP contribution is 2.31. The molecule has 1 amide bonds. The number of amides is 1. The van der Waals surface area contributed by atoms with Gasteiger partial charge in [-0.3, -0.25) is 9.79 Å². The monoisotopic (exact) mass is 264 g/mol. The number of fused-ring (bicyclic) bond motifs is 1. The Hall–Kier alpha value is -2.42. The molecule has 0 aliphatic carbocycles. The number of nitrogens with zero attached hydrogens (tertiary/aromatic N) is 1. The summed E-state index contributed by atoms with van der Waals surface area (Å²) in [4.78, 5) is 16.4. The van der Waals surface area contributed by atoms with Crippen molar-refractivity contribution in [3.8, 4) is 0 Å². The van der Waals surface area contributed by atoms with Gasteiger partial charge in [0, 0.05) is 11.9 Å². The van der Waals surface area contributed by atoms with Gasteiger partial charge in [-0.1, -0.05) is 37.3 Å². The number of aliphatic imine (C=N–C) groups is 1. The Kier molecular flexibility index (Phi) is 3.33.